The zero-order valence-corrected chi connectivity index (χ0v) is 12.1. The van der Waals surface area contributed by atoms with Crippen molar-refractivity contribution in [3.8, 4) is 0 Å². The van der Waals surface area contributed by atoms with E-state index in [0.29, 0.717) is 5.92 Å². The smallest absolute Gasteiger partial charge is 0.0546 e. The van der Waals surface area contributed by atoms with E-state index in [1.54, 1.807) is 0 Å². The van der Waals surface area contributed by atoms with Crippen molar-refractivity contribution >= 4 is 0 Å². The Morgan fingerprint density at radius 3 is 2.90 bits per heavy atom. The number of hydrogen-bond donors (Lipinski definition) is 2. The molecule has 3 N–H and O–H groups in total. The topological polar surface area (TPSA) is 50.9 Å². The third-order valence-electron chi connectivity index (χ3n) is 4.57. The van der Waals surface area contributed by atoms with Crippen LogP contribution in [0.2, 0.25) is 0 Å². The standard InChI is InChI=1S/C17H21N3/c1-11-5-3-7-14(12(11)2)17(20-18)15-9-8-13-6-4-10-19-16(13)15/h3-7,10,15,17,20H,8-9,18H2,1-2H3. The van der Waals surface area contributed by atoms with Gasteiger partial charge in [-0.15, -0.1) is 0 Å². The van der Waals surface area contributed by atoms with Gasteiger partial charge in [0.2, 0.25) is 0 Å². The number of nitrogens with two attached hydrogens (primary N) is 1. The van der Waals surface area contributed by atoms with Gasteiger partial charge in [0, 0.05) is 17.8 Å². The second kappa shape index (κ2) is 5.35. The number of hydrogen-bond acceptors (Lipinski definition) is 3. The summed E-state index contributed by atoms with van der Waals surface area (Å²) >= 11 is 0. The molecule has 3 nitrogen and oxygen atoms in total. The normalized spacial score (nSPS) is 18.9. The van der Waals surface area contributed by atoms with Crippen LogP contribution in [0.3, 0.4) is 0 Å². The van der Waals surface area contributed by atoms with Crippen molar-refractivity contribution in [1.29, 1.82) is 0 Å². The van der Waals surface area contributed by atoms with Gasteiger partial charge in [-0.05, 0) is 55.0 Å². The number of benzene rings is 1. The molecule has 3 heteroatoms. The summed E-state index contributed by atoms with van der Waals surface area (Å²) in [6, 6.07) is 10.8. The van der Waals surface area contributed by atoms with Gasteiger partial charge in [-0.2, -0.15) is 0 Å². The molecule has 0 fully saturated rings. The summed E-state index contributed by atoms with van der Waals surface area (Å²) < 4.78 is 0. The van der Waals surface area contributed by atoms with Crippen LogP contribution in [0.15, 0.2) is 36.5 Å². The molecule has 2 atom stereocenters. The van der Waals surface area contributed by atoms with E-state index in [9.17, 15) is 0 Å². The number of aromatic nitrogens is 1. The summed E-state index contributed by atoms with van der Waals surface area (Å²) in [6.07, 6.45) is 4.08. The van der Waals surface area contributed by atoms with E-state index < -0.39 is 0 Å². The Bertz CT molecular complexity index is 621. The van der Waals surface area contributed by atoms with E-state index in [-0.39, 0.29) is 6.04 Å². The van der Waals surface area contributed by atoms with Crippen molar-refractivity contribution in [3.05, 3.63) is 64.5 Å². The van der Waals surface area contributed by atoms with Gasteiger partial charge < -0.3 is 0 Å². The van der Waals surface area contributed by atoms with E-state index >= 15 is 0 Å². The highest BCUT2D eigenvalue weighted by molar-refractivity contribution is 5.39. The van der Waals surface area contributed by atoms with Gasteiger partial charge in [0.05, 0.1) is 6.04 Å². The van der Waals surface area contributed by atoms with E-state index in [0.717, 1.165) is 12.8 Å². The van der Waals surface area contributed by atoms with Gasteiger partial charge in [-0.25, -0.2) is 0 Å². The summed E-state index contributed by atoms with van der Waals surface area (Å²) in [6.45, 7) is 4.32. The summed E-state index contributed by atoms with van der Waals surface area (Å²) in [4.78, 5) is 4.59. The van der Waals surface area contributed by atoms with E-state index in [4.69, 9.17) is 5.84 Å². The predicted molar refractivity (Wildman–Crippen MR) is 81.3 cm³/mol. The van der Waals surface area contributed by atoms with Crippen molar-refractivity contribution in [1.82, 2.24) is 10.4 Å². The van der Waals surface area contributed by atoms with E-state index in [1.165, 1.54) is 27.9 Å². The molecule has 2 aromatic rings. The van der Waals surface area contributed by atoms with Crippen LogP contribution in [0.1, 0.15) is 46.3 Å². The first kappa shape index (κ1) is 13.3. The third kappa shape index (κ3) is 2.13. The van der Waals surface area contributed by atoms with Crippen molar-refractivity contribution in [2.75, 3.05) is 0 Å². The molecule has 0 amide bonds. The molecule has 1 aliphatic rings. The number of nitrogens with one attached hydrogen (secondary N) is 1. The second-order valence-corrected chi connectivity index (χ2v) is 5.63. The first-order valence-electron chi connectivity index (χ1n) is 7.18. The lowest BCUT2D eigenvalue weighted by molar-refractivity contribution is 0.445. The zero-order valence-electron chi connectivity index (χ0n) is 12.1. The van der Waals surface area contributed by atoms with Gasteiger partial charge in [0.1, 0.15) is 0 Å². The van der Waals surface area contributed by atoms with Crippen LogP contribution >= 0.6 is 0 Å². The zero-order chi connectivity index (χ0) is 14.1. The molecule has 0 spiro atoms. The summed E-state index contributed by atoms with van der Waals surface area (Å²) in [5.41, 5.74) is 9.51. The molecular formula is C17H21N3. The van der Waals surface area contributed by atoms with E-state index in [1.807, 2.05) is 12.3 Å². The average molecular weight is 267 g/mol. The maximum Gasteiger partial charge on any atom is 0.0546 e. The van der Waals surface area contributed by atoms with Crippen LogP contribution in [-0.4, -0.2) is 4.98 Å². The molecular weight excluding hydrogens is 246 g/mol. The first-order chi connectivity index (χ1) is 9.72. The van der Waals surface area contributed by atoms with Gasteiger partial charge in [-0.1, -0.05) is 24.3 Å². The molecule has 1 aliphatic carbocycles. The molecule has 0 aliphatic heterocycles. The summed E-state index contributed by atoms with van der Waals surface area (Å²) in [5.74, 6) is 6.24. The molecule has 104 valence electrons. The van der Waals surface area contributed by atoms with Crippen molar-refractivity contribution in [3.63, 3.8) is 0 Å². The van der Waals surface area contributed by atoms with Crippen LogP contribution in [0.25, 0.3) is 0 Å². The van der Waals surface area contributed by atoms with Crippen LogP contribution in [-0.2, 0) is 6.42 Å². The number of hydrazine groups is 1. The number of nitrogens with zero attached hydrogens (tertiary/aromatic N) is 1. The molecule has 1 heterocycles. The van der Waals surface area contributed by atoms with Crippen molar-refractivity contribution in [2.45, 2.75) is 38.6 Å². The Balaban J connectivity index is 2.02. The minimum Gasteiger partial charge on any atom is -0.271 e. The maximum atomic E-state index is 5.88. The lowest BCUT2D eigenvalue weighted by atomic mass is 9.87. The van der Waals surface area contributed by atoms with E-state index in [2.05, 4.69) is 48.5 Å². The summed E-state index contributed by atoms with van der Waals surface area (Å²) in [5, 5.41) is 0. The van der Waals surface area contributed by atoms with Crippen molar-refractivity contribution < 1.29 is 0 Å². The lowest BCUT2D eigenvalue weighted by Gasteiger charge is -2.25. The molecule has 0 radical (unpaired) electrons. The highest BCUT2D eigenvalue weighted by Gasteiger charge is 2.32. The first-order valence-corrected chi connectivity index (χ1v) is 7.18. The molecule has 3 rings (SSSR count). The van der Waals surface area contributed by atoms with Gasteiger partial charge in [-0.3, -0.25) is 16.3 Å². The Labute approximate surface area is 120 Å². The Hall–Kier alpha value is -1.71. The van der Waals surface area contributed by atoms with Gasteiger partial charge in [0.25, 0.3) is 0 Å². The van der Waals surface area contributed by atoms with Crippen LogP contribution in [0.4, 0.5) is 0 Å². The summed E-state index contributed by atoms with van der Waals surface area (Å²) in [7, 11) is 0. The fourth-order valence-corrected chi connectivity index (χ4v) is 3.30. The Morgan fingerprint density at radius 2 is 2.10 bits per heavy atom. The molecule has 1 aromatic carbocycles. The lowest BCUT2D eigenvalue weighted by Crippen LogP contribution is -2.32. The fourth-order valence-electron chi connectivity index (χ4n) is 3.30. The minimum atomic E-state index is 0.131. The SMILES string of the molecule is Cc1cccc(C(NN)C2CCc3cccnc32)c1C. The van der Waals surface area contributed by atoms with Crippen LogP contribution < -0.4 is 11.3 Å². The Kier molecular flexibility index (Phi) is 3.55. The average Bonchev–Trinajstić information content (AvgIpc) is 2.88. The highest BCUT2D eigenvalue weighted by atomic mass is 15.2. The molecule has 20 heavy (non-hydrogen) atoms. The number of fused-ring (bicyclic) bond motifs is 1. The molecule has 0 bridgehead atoms. The minimum absolute atomic E-state index is 0.131. The van der Waals surface area contributed by atoms with Gasteiger partial charge in [0.15, 0.2) is 0 Å². The predicted octanol–water partition coefficient (Wildman–Crippen LogP) is 2.93. The molecule has 0 saturated heterocycles. The second-order valence-electron chi connectivity index (χ2n) is 5.63. The van der Waals surface area contributed by atoms with Crippen molar-refractivity contribution in [2.24, 2.45) is 5.84 Å². The monoisotopic (exact) mass is 267 g/mol. The molecule has 0 saturated carbocycles. The molecule has 1 aromatic heterocycles. The quantitative estimate of drug-likeness (QED) is 0.664. The number of aryl methyl sites for hydroxylation is 2. The van der Waals surface area contributed by atoms with Gasteiger partial charge >= 0.3 is 0 Å². The fraction of sp³-hybridized carbons (Fsp3) is 0.353. The van der Waals surface area contributed by atoms with Crippen LogP contribution in [0, 0.1) is 13.8 Å². The third-order valence-corrected chi connectivity index (χ3v) is 4.57. The highest BCUT2D eigenvalue weighted by Crippen LogP contribution is 2.41. The number of pyridine rings is 1. The Morgan fingerprint density at radius 1 is 1.25 bits per heavy atom. The largest absolute Gasteiger partial charge is 0.271 e. The molecule has 2 unspecified atom stereocenters. The number of rotatable bonds is 3. The maximum absolute atomic E-state index is 5.88. The van der Waals surface area contributed by atoms with Crippen LogP contribution in [0.5, 0.6) is 0 Å².